The number of ether oxygens (including phenoxy) is 2. The Morgan fingerprint density at radius 2 is 1.89 bits per heavy atom. The molecule has 0 spiro atoms. The first kappa shape index (κ1) is 13.6. The van der Waals surface area contributed by atoms with Crippen LogP contribution in [-0.4, -0.2) is 13.4 Å². The molecule has 0 heterocycles. The van der Waals surface area contributed by atoms with Crippen molar-refractivity contribution in [2.24, 2.45) is 0 Å². The average Bonchev–Trinajstić information content (AvgIpc) is 2.45. The zero-order chi connectivity index (χ0) is 13.7. The number of rotatable bonds is 5. The number of thioether (sulfide) groups is 1. The van der Waals surface area contributed by atoms with Crippen LogP contribution < -0.4 is 15.2 Å². The third-order valence-electron chi connectivity index (χ3n) is 2.76. The van der Waals surface area contributed by atoms with Crippen LogP contribution in [0.1, 0.15) is 5.56 Å². The first-order chi connectivity index (χ1) is 9.24. The number of nitrogens with two attached hydrogens (primary N) is 1. The summed E-state index contributed by atoms with van der Waals surface area (Å²) in [7, 11) is 1.61. The molecule has 0 amide bonds. The zero-order valence-corrected chi connectivity index (χ0v) is 11.9. The van der Waals surface area contributed by atoms with Gasteiger partial charge in [0, 0.05) is 4.90 Å². The van der Waals surface area contributed by atoms with Crippen LogP contribution in [0.4, 0.5) is 5.69 Å². The molecule has 19 heavy (non-hydrogen) atoms. The Balaban J connectivity index is 2.08. The van der Waals surface area contributed by atoms with Gasteiger partial charge in [0.2, 0.25) is 0 Å². The van der Waals surface area contributed by atoms with Gasteiger partial charge in [-0.15, -0.1) is 11.8 Å². The van der Waals surface area contributed by atoms with Gasteiger partial charge in [-0.3, -0.25) is 0 Å². The van der Waals surface area contributed by atoms with Gasteiger partial charge in [-0.1, -0.05) is 18.2 Å². The molecule has 0 saturated carbocycles. The Labute approximate surface area is 117 Å². The van der Waals surface area contributed by atoms with Crippen molar-refractivity contribution in [3.05, 3.63) is 48.0 Å². The molecule has 0 aliphatic rings. The van der Waals surface area contributed by atoms with E-state index in [4.69, 9.17) is 15.2 Å². The second kappa shape index (κ2) is 6.38. The maximum absolute atomic E-state index is 5.87. The molecule has 0 aliphatic carbocycles. The minimum absolute atomic E-state index is 0.492. The number of nitrogen functional groups attached to an aromatic ring is 1. The number of methoxy groups -OCH3 is 1. The van der Waals surface area contributed by atoms with Gasteiger partial charge in [0.05, 0.1) is 12.8 Å². The molecule has 0 saturated heterocycles. The fourth-order valence-electron chi connectivity index (χ4n) is 1.77. The second-order valence-corrected chi connectivity index (χ2v) is 4.86. The summed E-state index contributed by atoms with van der Waals surface area (Å²) in [5, 5.41) is 0. The van der Waals surface area contributed by atoms with Crippen LogP contribution in [0.2, 0.25) is 0 Å². The van der Waals surface area contributed by atoms with Crippen LogP contribution in [-0.2, 0) is 6.61 Å². The fourth-order valence-corrected chi connectivity index (χ4v) is 2.32. The first-order valence-corrected chi connectivity index (χ1v) is 7.15. The van der Waals surface area contributed by atoms with Gasteiger partial charge in [0.1, 0.15) is 18.1 Å². The Kier molecular flexibility index (Phi) is 4.58. The van der Waals surface area contributed by atoms with Gasteiger partial charge in [-0.05, 0) is 36.1 Å². The summed E-state index contributed by atoms with van der Waals surface area (Å²) in [6, 6.07) is 13.7. The van der Waals surface area contributed by atoms with Gasteiger partial charge in [-0.2, -0.15) is 0 Å². The summed E-state index contributed by atoms with van der Waals surface area (Å²) in [6.07, 6.45) is 2.04. The lowest BCUT2D eigenvalue weighted by Gasteiger charge is -2.11. The van der Waals surface area contributed by atoms with Crippen LogP contribution in [0.25, 0.3) is 0 Å². The summed E-state index contributed by atoms with van der Waals surface area (Å²) in [5.74, 6) is 1.58. The molecular weight excluding hydrogens is 258 g/mol. The predicted molar refractivity (Wildman–Crippen MR) is 80.0 cm³/mol. The van der Waals surface area contributed by atoms with E-state index in [1.54, 1.807) is 18.9 Å². The van der Waals surface area contributed by atoms with Crippen molar-refractivity contribution in [3.63, 3.8) is 0 Å². The fraction of sp³-hybridized carbons (Fsp3) is 0.200. The second-order valence-electron chi connectivity index (χ2n) is 4.02. The van der Waals surface area contributed by atoms with Crippen LogP contribution in [0.5, 0.6) is 11.5 Å². The smallest absolute Gasteiger partial charge is 0.141 e. The number of hydrogen-bond acceptors (Lipinski definition) is 4. The highest BCUT2D eigenvalue weighted by molar-refractivity contribution is 7.98. The molecule has 0 atom stereocenters. The van der Waals surface area contributed by atoms with Crippen molar-refractivity contribution in [1.82, 2.24) is 0 Å². The summed E-state index contributed by atoms with van der Waals surface area (Å²) >= 11 is 1.67. The SMILES string of the molecule is COc1ccc(COc2ccccc2SC)cc1N. The van der Waals surface area contributed by atoms with Gasteiger partial charge in [-0.25, -0.2) is 0 Å². The number of anilines is 1. The summed E-state index contributed by atoms with van der Waals surface area (Å²) in [6.45, 7) is 0.492. The monoisotopic (exact) mass is 275 g/mol. The van der Waals surface area contributed by atoms with E-state index in [-0.39, 0.29) is 0 Å². The number of para-hydroxylation sites is 1. The standard InChI is InChI=1S/C15H17NO2S/c1-17-13-8-7-11(9-12(13)16)10-18-14-5-3-4-6-15(14)19-2/h3-9H,10,16H2,1-2H3. The summed E-state index contributed by atoms with van der Waals surface area (Å²) in [4.78, 5) is 1.13. The first-order valence-electron chi connectivity index (χ1n) is 5.93. The van der Waals surface area contributed by atoms with E-state index >= 15 is 0 Å². The molecule has 0 aromatic heterocycles. The highest BCUT2D eigenvalue weighted by Crippen LogP contribution is 2.28. The van der Waals surface area contributed by atoms with Crippen LogP contribution >= 0.6 is 11.8 Å². The zero-order valence-electron chi connectivity index (χ0n) is 11.1. The maximum atomic E-state index is 5.87. The van der Waals surface area contributed by atoms with Gasteiger partial charge in [0.15, 0.2) is 0 Å². The summed E-state index contributed by atoms with van der Waals surface area (Å²) in [5.41, 5.74) is 7.52. The van der Waals surface area contributed by atoms with Crippen LogP contribution in [0.3, 0.4) is 0 Å². The van der Waals surface area contributed by atoms with Gasteiger partial charge >= 0.3 is 0 Å². The van der Waals surface area contributed by atoms with E-state index < -0.39 is 0 Å². The van der Waals surface area contributed by atoms with Crippen molar-refractivity contribution >= 4 is 17.4 Å². The molecule has 4 heteroatoms. The molecule has 3 nitrogen and oxygen atoms in total. The molecule has 0 aliphatic heterocycles. The molecule has 2 aromatic carbocycles. The number of hydrogen-bond donors (Lipinski definition) is 1. The molecule has 0 radical (unpaired) electrons. The molecule has 0 bridgehead atoms. The molecule has 2 rings (SSSR count). The largest absolute Gasteiger partial charge is 0.495 e. The minimum atomic E-state index is 0.492. The van der Waals surface area contributed by atoms with E-state index in [1.165, 1.54) is 0 Å². The highest BCUT2D eigenvalue weighted by atomic mass is 32.2. The molecule has 2 aromatic rings. The quantitative estimate of drug-likeness (QED) is 0.669. The summed E-state index contributed by atoms with van der Waals surface area (Å²) < 4.78 is 11.0. The minimum Gasteiger partial charge on any atom is -0.495 e. The van der Waals surface area contributed by atoms with Crippen molar-refractivity contribution in [2.75, 3.05) is 19.1 Å². The van der Waals surface area contributed by atoms with E-state index in [2.05, 4.69) is 0 Å². The Morgan fingerprint density at radius 3 is 2.58 bits per heavy atom. The predicted octanol–water partition coefficient (Wildman–Crippen LogP) is 3.58. The van der Waals surface area contributed by atoms with Crippen molar-refractivity contribution < 1.29 is 9.47 Å². The lowest BCUT2D eigenvalue weighted by atomic mass is 10.2. The molecule has 2 N–H and O–H groups in total. The average molecular weight is 275 g/mol. The molecule has 0 unspecified atom stereocenters. The van der Waals surface area contributed by atoms with Gasteiger partial charge < -0.3 is 15.2 Å². The third kappa shape index (κ3) is 3.35. The van der Waals surface area contributed by atoms with E-state index in [9.17, 15) is 0 Å². The van der Waals surface area contributed by atoms with Crippen molar-refractivity contribution in [1.29, 1.82) is 0 Å². The topological polar surface area (TPSA) is 44.5 Å². The molecule has 0 fully saturated rings. The molecular formula is C15H17NO2S. The van der Waals surface area contributed by atoms with Crippen molar-refractivity contribution in [3.8, 4) is 11.5 Å². The van der Waals surface area contributed by atoms with E-state index in [1.807, 2.05) is 48.7 Å². The van der Waals surface area contributed by atoms with E-state index in [0.717, 1.165) is 16.2 Å². The molecule has 100 valence electrons. The number of benzene rings is 2. The lowest BCUT2D eigenvalue weighted by molar-refractivity contribution is 0.299. The normalized spacial score (nSPS) is 10.2. The highest BCUT2D eigenvalue weighted by Gasteiger charge is 2.04. The Hall–Kier alpha value is -1.81. The Bertz CT molecular complexity index is 558. The van der Waals surface area contributed by atoms with Crippen LogP contribution in [0.15, 0.2) is 47.4 Å². The van der Waals surface area contributed by atoms with E-state index in [0.29, 0.717) is 18.0 Å². The Morgan fingerprint density at radius 1 is 1.11 bits per heavy atom. The van der Waals surface area contributed by atoms with Crippen LogP contribution in [0, 0.1) is 0 Å². The maximum Gasteiger partial charge on any atom is 0.141 e. The lowest BCUT2D eigenvalue weighted by Crippen LogP contribution is -1.99. The van der Waals surface area contributed by atoms with Gasteiger partial charge in [0.25, 0.3) is 0 Å². The third-order valence-corrected chi connectivity index (χ3v) is 3.53. The van der Waals surface area contributed by atoms with Crippen molar-refractivity contribution in [2.45, 2.75) is 11.5 Å².